The molecule has 1 saturated heterocycles. The predicted molar refractivity (Wildman–Crippen MR) is 90.7 cm³/mol. The normalized spacial score (nSPS) is 21.9. The number of halogens is 1. The molecule has 1 aromatic carbocycles. The number of carbonyl (C=O) groups is 1. The molecular weight excluding hydrogens is 318 g/mol. The molecule has 0 bridgehead atoms. The van der Waals surface area contributed by atoms with Crippen molar-refractivity contribution in [1.82, 2.24) is 4.90 Å². The number of benzene rings is 1. The van der Waals surface area contributed by atoms with Crippen LogP contribution in [-0.4, -0.2) is 36.1 Å². The van der Waals surface area contributed by atoms with E-state index in [4.69, 9.17) is 16.3 Å². The fourth-order valence-electron chi connectivity index (χ4n) is 2.72. The molecule has 0 N–H and O–H groups in total. The Hall–Kier alpha value is -1.36. The van der Waals surface area contributed by atoms with Crippen LogP contribution in [0, 0.1) is 0 Å². The summed E-state index contributed by atoms with van der Waals surface area (Å²) in [5.74, 6) is 0.0900. The third kappa shape index (κ3) is 3.35. The quantitative estimate of drug-likeness (QED) is 0.818. The van der Waals surface area contributed by atoms with Crippen LogP contribution >= 0.6 is 22.9 Å². The van der Waals surface area contributed by atoms with Crippen molar-refractivity contribution in [2.75, 3.05) is 13.1 Å². The van der Waals surface area contributed by atoms with E-state index in [0.717, 1.165) is 15.3 Å². The predicted octanol–water partition coefficient (Wildman–Crippen LogP) is 4.32. The molecule has 1 amide bonds. The van der Waals surface area contributed by atoms with Crippen molar-refractivity contribution in [3.63, 3.8) is 0 Å². The van der Waals surface area contributed by atoms with Gasteiger partial charge in [-0.1, -0.05) is 23.7 Å². The monoisotopic (exact) mass is 335 g/mol. The van der Waals surface area contributed by atoms with Gasteiger partial charge < -0.3 is 9.64 Å². The molecular formula is C17H18ClNO2S. The Bertz CT molecular complexity index is 658. The van der Waals surface area contributed by atoms with Crippen LogP contribution < -0.4 is 0 Å². The molecule has 0 saturated carbocycles. The number of thiophene rings is 1. The van der Waals surface area contributed by atoms with Gasteiger partial charge in [0.1, 0.15) is 0 Å². The molecule has 2 aromatic rings. The SMILES string of the molecule is CC1CN(C(=O)c2ccc(-c3ccc(Cl)cc3)s2)CC(C)O1. The molecule has 2 atom stereocenters. The summed E-state index contributed by atoms with van der Waals surface area (Å²) in [6.07, 6.45) is 0.173. The maximum atomic E-state index is 12.6. The first-order valence-corrected chi connectivity index (χ1v) is 8.53. The van der Waals surface area contributed by atoms with Crippen LogP contribution in [0.1, 0.15) is 23.5 Å². The summed E-state index contributed by atoms with van der Waals surface area (Å²) in [6.45, 7) is 5.31. The topological polar surface area (TPSA) is 29.5 Å². The summed E-state index contributed by atoms with van der Waals surface area (Å²) >= 11 is 7.44. The maximum Gasteiger partial charge on any atom is 0.264 e. The van der Waals surface area contributed by atoms with Crippen molar-refractivity contribution in [3.8, 4) is 10.4 Å². The molecule has 3 nitrogen and oxygen atoms in total. The summed E-state index contributed by atoms with van der Waals surface area (Å²) < 4.78 is 5.69. The van der Waals surface area contributed by atoms with Gasteiger partial charge in [-0.15, -0.1) is 11.3 Å². The fourth-order valence-corrected chi connectivity index (χ4v) is 3.83. The van der Waals surface area contributed by atoms with E-state index in [1.807, 2.05) is 55.1 Å². The zero-order valence-corrected chi connectivity index (χ0v) is 14.2. The first-order chi connectivity index (χ1) is 10.5. The number of nitrogens with zero attached hydrogens (tertiary/aromatic N) is 1. The van der Waals surface area contributed by atoms with Gasteiger partial charge in [-0.05, 0) is 43.7 Å². The van der Waals surface area contributed by atoms with E-state index in [1.54, 1.807) is 0 Å². The third-order valence-corrected chi connectivity index (χ3v) is 5.03. The smallest absolute Gasteiger partial charge is 0.264 e. The van der Waals surface area contributed by atoms with Crippen LogP contribution in [0.25, 0.3) is 10.4 Å². The largest absolute Gasteiger partial charge is 0.372 e. The van der Waals surface area contributed by atoms with Crippen molar-refractivity contribution in [2.45, 2.75) is 26.1 Å². The molecule has 1 aliphatic heterocycles. The van der Waals surface area contributed by atoms with E-state index in [9.17, 15) is 4.79 Å². The zero-order chi connectivity index (χ0) is 15.7. The van der Waals surface area contributed by atoms with E-state index in [2.05, 4.69) is 0 Å². The number of hydrogen-bond donors (Lipinski definition) is 0. The van der Waals surface area contributed by atoms with Crippen molar-refractivity contribution in [2.24, 2.45) is 0 Å². The minimum atomic E-state index is 0.0865. The minimum absolute atomic E-state index is 0.0865. The molecule has 1 aromatic heterocycles. The van der Waals surface area contributed by atoms with Gasteiger partial charge in [-0.2, -0.15) is 0 Å². The third-order valence-electron chi connectivity index (χ3n) is 3.65. The number of ether oxygens (including phenoxy) is 1. The molecule has 2 heterocycles. The molecule has 5 heteroatoms. The molecule has 22 heavy (non-hydrogen) atoms. The number of morpholine rings is 1. The Morgan fingerprint density at radius 3 is 2.41 bits per heavy atom. The molecule has 2 unspecified atom stereocenters. The molecule has 1 fully saturated rings. The summed E-state index contributed by atoms with van der Waals surface area (Å²) in [5, 5.41) is 0.716. The number of carbonyl (C=O) groups excluding carboxylic acids is 1. The number of rotatable bonds is 2. The van der Waals surface area contributed by atoms with Crippen molar-refractivity contribution in [3.05, 3.63) is 46.3 Å². The second-order valence-electron chi connectivity index (χ2n) is 5.64. The van der Waals surface area contributed by atoms with E-state index in [1.165, 1.54) is 11.3 Å². The lowest BCUT2D eigenvalue weighted by Crippen LogP contribution is -2.48. The lowest BCUT2D eigenvalue weighted by Gasteiger charge is -2.35. The highest BCUT2D eigenvalue weighted by atomic mass is 35.5. The zero-order valence-electron chi connectivity index (χ0n) is 12.6. The Balaban J connectivity index is 1.78. The highest BCUT2D eigenvalue weighted by molar-refractivity contribution is 7.17. The van der Waals surface area contributed by atoms with Gasteiger partial charge in [0, 0.05) is 23.0 Å². The van der Waals surface area contributed by atoms with E-state index < -0.39 is 0 Å². The molecule has 116 valence electrons. The standard InChI is InChI=1S/C17H18ClNO2S/c1-11-9-19(10-12(2)21-11)17(20)16-8-7-15(22-16)13-3-5-14(18)6-4-13/h3-8,11-12H,9-10H2,1-2H3. The lowest BCUT2D eigenvalue weighted by molar-refractivity contribution is -0.0585. The summed E-state index contributed by atoms with van der Waals surface area (Å²) in [7, 11) is 0. The van der Waals surface area contributed by atoms with Crippen molar-refractivity contribution < 1.29 is 9.53 Å². The number of amides is 1. The summed E-state index contributed by atoms with van der Waals surface area (Å²) in [4.78, 5) is 16.4. The Kier molecular flexibility index (Phi) is 4.52. The Morgan fingerprint density at radius 2 is 1.77 bits per heavy atom. The average molecular weight is 336 g/mol. The first kappa shape index (κ1) is 15.5. The second kappa shape index (κ2) is 6.41. The van der Waals surface area contributed by atoms with E-state index in [-0.39, 0.29) is 18.1 Å². The second-order valence-corrected chi connectivity index (χ2v) is 7.16. The Morgan fingerprint density at radius 1 is 1.14 bits per heavy atom. The van der Waals surface area contributed by atoms with Crippen molar-refractivity contribution in [1.29, 1.82) is 0 Å². The van der Waals surface area contributed by atoms with Crippen LogP contribution in [0.15, 0.2) is 36.4 Å². The van der Waals surface area contributed by atoms with E-state index >= 15 is 0 Å². The van der Waals surface area contributed by atoms with Crippen molar-refractivity contribution >= 4 is 28.8 Å². The van der Waals surface area contributed by atoms with Gasteiger partial charge in [0.25, 0.3) is 5.91 Å². The van der Waals surface area contributed by atoms with Crippen LogP contribution in [0.4, 0.5) is 0 Å². The summed E-state index contributed by atoms with van der Waals surface area (Å²) in [6, 6.07) is 11.6. The summed E-state index contributed by atoms with van der Waals surface area (Å²) in [5.41, 5.74) is 1.08. The van der Waals surface area contributed by atoms with Gasteiger partial charge in [-0.3, -0.25) is 4.79 Å². The maximum absolute atomic E-state index is 12.6. The molecule has 0 spiro atoms. The first-order valence-electron chi connectivity index (χ1n) is 7.33. The lowest BCUT2D eigenvalue weighted by atomic mass is 10.2. The van der Waals surface area contributed by atoms with Crippen LogP contribution in [0.2, 0.25) is 5.02 Å². The molecule has 3 rings (SSSR count). The van der Waals surface area contributed by atoms with Gasteiger partial charge in [0.05, 0.1) is 17.1 Å². The molecule has 0 radical (unpaired) electrons. The van der Waals surface area contributed by atoms with Gasteiger partial charge in [0.15, 0.2) is 0 Å². The molecule has 0 aliphatic carbocycles. The van der Waals surface area contributed by atoms with Crippen LogP contribution in [0.5, 0.6) is 0 Å². The fraction of sp³-hybridized carbons (Fsp3) is 0.353. The van der Waals surface area contributed by atoms with Crippen LogP contribution in [-0.2, 0) is 4.74 Å². The highest BCUT2D eigenvalue weighted by Crippen LogP contribution is 2.30. The average Bonchev–Trinajstić information content (AvgIpc) is 2.96. The van der Waals surface area contributed by atoms with Crippen LogP contribution in [0.3, 0.4) is 0 Å². The van der Waals surface area contributed by atoms with Gasteiger partial charge in [-0.25, -0.2) is 0 Å². The molecule has 1 aliphatic rings. The number of hydrogen-bond acceptors (Lipinski definition) is 3. The minimum Gasteiger partial charge on any atom is -0.372 e. The van der Waals surface area contributed by atoms with Gasteiger partial charge >= 0.3 is 0 Å². The Labute approximate surface area is 139 Å². The van der Waals surface area contributed by atoms with E-state index in [0.29, 0.717) is 18.1 Å². The highest BCUT2D eigenvalue weighted by Gasteiger charge is 2.27. The van der Waals surface area contributed by atoms with Gasteiger partial charge in [0.2, 0.25) is 0 Å².